The molecule has 0 bridgehead atoms. The van der Waals surface area contributed by atoms with E-state index in [9.17, 15) is 0 Å². The summed E-state index contributed by atoms with van der Waals surface area (Å²) in [6.45, 7) is 3.12. The fourth-order valence-corrected chi connectivity index (χ4v) is 5.04. The maximum atomic E-state index is 6.00. The first-order valence-electron chi connectivity index (χ1n) is 12.3. The van der Waals surface area contributed by atoms with E-state index in [0.717, 1.165) is 48.6 Å². The lowest BCUT2D eigenvalue weighted by Gasteiger charge is -2.36. The van der Waals surface area contributed by atoms with Gasteiger partial charge < -0.3 is 23.8 Å². The molecule has 2 aliphatic rings. The quantitative estimate of drug-likeness (QED) is 0.381. The summed E-state index contributed by atoms with van der Waals surface area (Å²) in [6, 6.07) is 25.2. The predicted octanol–water partition coefficient (Wildman–Crippen LogP) is 5.93. The van der Waals surface area contributed by atoms with Crippen LogP contribution in [0.2, 0.25) is 0 Å². The third-order valence-electron chi connectivity index (χ3n) is 6.95. The van der Waals surface area contributed by atoms with E-state index in [-0.39, 0.29) is 6.29 Å². The lowest BCUT2D eigenvalue weighted by molar-refractivity contribution is -0.141. The van der Waals surface area contributed by atoms with Crippen LogP contribution in [0.15, 0.2) is 78.9 Å². The number of methoxy groups -OCH3 is 2. The van der Waals surface area contributed by atoms with E-state index in [1.807, 2.05) is 30.3 Å². The number of hydrogen-bond donors (Lipinski definition) is 0. The maximum Gasteiger partial charge on any atom is 0.159 e. The number of ether oxygens (including phenoxy) is 4. The first-order chi connectivity index (χ1) is 17.2. The molecule has 0 saturated carbocycles. The van der Waals surface area contributed by atoms with Crippen LogP contribution < -0.4 is 14.4 Å². The van der Waals surface area contributed by atoms with Crippen LogP contribution in [-0.4, -0.2) is 40.2 Å². The Hall–Kier alpha value is -3.28. The SMILES string of the molecule is COC(OC)C1CCN(c2ccc(C3=CCOc4cc(OCc5ccccc5)ccc43)cc2)CC1. The number of nitrogens with zero attached hydrogens (tertiary/aromatic N) is 1. The van der Waals surface area contributed by atoms with E-state index in [0.29, 0.717) is 19.1 Å². The van der Waals surface area contributed by atoms with Gasteiger partial charge in [-0.15, -0.1) is 0 Å². The van der Waals surface area contributed by atoms with Gasteiger partial charge in [0.25, 0.3) is 0 Å². The van der Waals surface area contributed by atoms with Gasteiger partial charge in [-0.1, -0.05) is 42.5 Å². The molecule has 0 radical (unpaired) electrons. The smallest absolute Gasteiger partial charge is 0.159 e. The molecule has 2 heterocycles. The van der Waals surface area contributed by atoms with Gasteiger partial charge in [-0.2, -0.15) is 0 Å². The number of benzene rings is 3. The number of hydrogen-bond acceptors (Lipinski definition) is 5. The van der Waals surface area contributed by atoms with E-state index >= 15 is 0 Å². The number of rotatable bonds is 8. The highest BCUT2D eigenvalue weighted by Crippen LogP contribution is 2.37. The first-order valence-corrected chi connectivity index (χ1v) is 12.3. The molecule has 0 spiro atoms. The second-order valence-electron chi connectivity index (χ2n) is 9.07. The maximum absolute atomic E-state index is 6.00. The van der Waals surface area contributed by atoms with Gasteiger partial charge in [0, 0.05) is 50.5 Å². The largest absolute Gasteiger partial charge is 0.489 e. The zero-order chi connectivity index (χ0) is 24.0. The number of fused-ring (bicyclic) bond motifs is 1. The number of anilines is 1. The van der Waals surface area contributed by atoms with Crippen molar-refractivity contribution >= 4 is 11.3 Å². The minimum atomic E-state index is -0.107. The summed E-state index contributed by atoms with van der Waals surface area (Å²) < 4.78 is 22.9. The molecule has 0 N–H and O–H groups in total. The van der Waals surface area contributed by atoms with E-state index in [1.165, 1.54) is 16.8 Å². The molecular formula is C30H33NO4. The van der Waals surface area contributed by atoms with Crippen molar-refractivity contribution in [3.05, 3.63) is 95.6 Å². The molecular weight excluding hydrogens is 438 g/mol. The minimum absolute atomic E-state index is 0.107. The van der Waals surface area contributed by atoms with Gasteiger partial charge in [0.05, 0.1) is 0 Å². The first kappa shape index (κ1) is 23.5. The van der Waals surface area contributed by atoms with Crippen molar-refractivity contribution < 1.29 is 18.9 Å². The minimum Gasteiger partial charge on any atom is -0.489 e. The second-order valence-corrected chi connectivity index (χ2v) is 9.07. The average Bonchev–Trinajstić information content (AvgIpc) is 2.93. The number of piperidine rings is 1. The van der Waals surface area contributed by atoms with Crippen LogP contribution >= 0.6 is 0 Å². The van der Waals surface area contributed by atoms with Crippen molar-refractivity contribution in [2.24, 2.45) is 5.92 Å². The molecule has 182 valence electrons. The molecule has 35 heavy (non-hydrogen) atoms. The summed E-state index contributed by atoms with van der Waals surface area (Å²) in [4.78, 5) is 2.45. The molecule has 3 aromatic carbocycles. The summed E-state index contributed by atoms with van der Waals surface area (Å²) in [5.74, 6) is 2.13. The molecule has 0 unspecified atom stereocenters. The molecule has 0 aliphatic carbocycles. The highest BCUT2D eigenvalue weighted by molar-refractivity contribution is 5.84. The zero-order valence-corrected chi connectivity index (χ0v) is 20.5. The highest BCUT2D eigenvalue weighted by atomic mass is 16.7. The molecule has 0 aromatic heterocycles. The van der Waals surface area contributed by atoms with E-state index in [4.69, 9.17) is 18.9 Å². The van der Waals surface area contributed by atoms with Crippen molar-refractivity contribution in [1.29, 1.82) is 0 Å². The topological polar surface area (TPSA) is 40.2 Å². The Labute approximate surface area is 207 Å². The summed E-state index contributed by atoms with van der Waals surface area (Å²) in [5.41, 5.74) is 5.91. The molecule has 0 amide bonds. The second kappa shape index (κ2) is 11.0. The van der Waals surface area contributed by atoms with Crippen molar-refractivity contribution in [1.82, 2.24) is 0 Å². The standard InChI is InChI=1S/C30H33NO4/c1-32-30(33-2)24-14-17-31(18-15-24)25-10-8-23(9-11-25)27-16-19-34-29-20-26(12-13-28(27)29)35-21-22-6-4-3-5-7-22/h3-13,16,20,24,30H,14-15,17-19,21H2,1-2H3. The van der Waals surface area contributed by atoms with Crippen LogP contribution in [0, 0.1) is 5.92 Å². The Morgan fingerprint density at radius 2 is 1.66 bits per heavy atom. The molecule has 2 aliphatic heterocycles. The van der Waals surface area contributed by atoms with Crippen LogP contribution in [0.5, 0.6) is 11.5 Å². The van der Waals surface area contributed by atoms with Crippen molar-refractivity contribution in [3.8, 4) is 11.5 Å². The molecule has 1 fully saturated rings. The van der Waals surface area contributed by atoms with Gasteiger partial charge in [-0.3, -0.25) is 0 Å². The lowest BCUT2D eigenvalue weighted by atomic mass is 9.94. The zero-order valence-electron chi connectivity index (χ0n) is 20.5. The van der Waals surface area contributed by atoms with Crippen molar-refractivity contribution in [2.75, 3.05) is 38.8 Å². The van der Waals surface area contributed by atoms with Gasteiger partial charge in [-0.25, -0.2) is 0 Å². The van der Waals surface area contributed by atoms with Gasteiger partial charge in [0.2, 0.25) is 0 Å². The van der Waals surface area contributed by atoms with Gasteiger partial charge in [0.15, 0.2) is 6.29 Å². The van der Waals surface area contributed by atoms with Crippen LogP contribution in [0.25, 0.3) is 5.57 Å². The Kier molecular flexibility index (Phi) is 7.36. The van der Waals surface area contributed by atoms with Gasteiger partial charge in [0.1, 0.15) is 24.7 Å². The van der Waals surface area contributed by atoms with Gasteiger partial charge in [-0.05, 0) is 59.9 Å². The van der Waals surface area contributed by atoms with E-state index < -0.39 is 0 Å². The monoisotopic (exact) mass is 471 g/mol. The molecule has 5 nitrogen and oxygen atoms in total. The normalized spacial score (nSPS) is 16.0. The van der Waals surface area contributed by atoms with Crippen molar-refractivity contribution in [2.45, 2.75) is 25.7 Å². The third kappa shape index (κ3) is 5.37. The third-order valence-corrected chi connectivity index (χ3v) is 6.95. The highest BCUT2D eigenvalue weighted by Gasteiger charge is 2.26. The Balaban J connectivity index is 1.24. The summed E-state index contributed by atoms with van der Waals surface area (Å²) >= 11 is 0. The van der Waals surface area contributed by atoms with Crippen LogP contribution in [0.4, 0.5) is 5.69 Å². The Bertz CT molecular complexity index is 1130. The van der Waals surface area contributed by atoms with E-state index in [1.54, 1.807) is 14.2 Å². The summed E-state index contributed by atoms with van der Waals surface area (Å²) in [7, 11) is 3.45. The van der Waals surface area contributed by atoms with Crippen LogP contribution in [-0.2, 0) is 16.1 Å². The predicted molar refractivity (Wildman–Crippen MR) is 139 cm³/mol. The van der Waals surface area contributed by atoms with Crippen molar-refractivity contribution in [3.63, 3.8) is 0 Å². The average molecular weight is 472 g/mol. The Morgan fingerprint density at radius 3 is 2.37 bits per heavy atom. The Morgan fingerprint density at radius 1 is 0.914 bits per heavy atom. The lowest BCUT2D eigenvalue weighted by Crippen LogP contribution is -2.39. The molecule has 0 atom stereocenters. The summed E-state index contributed by atoms with van der Waals surface area (Å²) in [6.07, 6.45) is 4.18. The summed E-state index contributed by atoms with van der Waals surface area (Å²) in [5, 5.41) is 0. The van der Waals surface area contributed by atoms with Gasteiger partial charge >= 0.3 is 0 Å². The molecule has 5 rings (SSSR count). The molecule has 1 saturated heterocycles. The molecule has 5 heteroatoms. The van der Waals surface area contributed by atoms with Crippen LogP contribution in [0.3, 0.4) is 0 Å². The fraction of sp³-hybridized carbons (Fsp3) is 0.333. The van der Waals surface area contributed by atoms with Crippen LogP contribution in [0.1, 0.15) is 29.5 Å². The van der Waals surface area contributed by atoms with E-state index in [2.05, 4.69) is 53.4 Å². The molecule has 3 aromatic rings. The fourth-order valence-electron chi connectivity index (χ4n) is 5.04.